The number of aromatic nitrogens is 2. The summed E-state index contributed by atoms with van der Waals surface area (Å²) in [6, 6.07) is 14.2. The summed E-state index contributed by atoms with van der Waals surface area (Å²) in [4.78, 5) is 0. The van der Waals surface area contributed by atoms with Crippen LogP contribution in [0.15, 0.2) is 48.5 Å². The van der Waals surface area contributed by atoms with E-state index in [9.17, 15) is 4.39 Å². The fraction of sp³-hybridized carbons (Fsp3) is 0.0625. The highest BCUT2D eigenvalue weighted by Crippen LogP contribution is 2.25. The normalized spacial score (nSPS) is 10.8. The van der Waals surface area contributed by atoms with Crippen LogP contribution < -0.4 is 5.73 Å². The number of nitrogens with two attached hydrogens (primary N) is 1. The number of rotatable bonds is 2. The second-order valence-electron chi connectivity index (χ2n) is 4.83. The van der Waals surface area contributed by atoms with Gasteiger partial charge in [0.15, 0.2) is 0 Å². The highest BCUT2D eigenvalue weighted by Gasteiger charge is 2.10. The van der Waals surface area contributed by atoms with Crippen molar-refractivity contribution in [1.29, 1.82) is 0 Å². The Bertz CT molecular complexity index is 794. The lowest BCUT2D eigenvalue weighted by atomic mass is 10.1. The molecule has 0 saturated heterocycles. The molecule has 2 aromatic carbocycles. The second-order valence-corrected chi connectivity index (χ2v) is 5.24. The molecule has 0 saturated carbocycles. The maximum Gasteiger partial charge on any atom is 0.141 e. The van der Waals surface area contributed by atoms with Gasteiger partial charge in [0.25, 0.3) is 0 Å². The molecule has 0 fully saturated rings. The molecule has 1 aromatic heterocycles. The molecular weight excluding hydrogens is 289 g/mol. The number of aryl methyl sites for hydroxylation is 1. The molecule has 0 aliphatic carbocycles. The lowest BCUT2D eigenvalue weighted by Crippen LogP contribution is -2.01. The fourth-order valence-corrected chi connectivity index (χ4v) is 2.26. The van der Waals surface area contributed by atoms with Gasteiger partial charge < -0.3 is 5.73 Å². The first-order valence-corrected chi connectivity index (χ1v) is 6.80. The lowest BCUT2D eigenvalue weighted by molar-refractivity contribution is 0.627. The summed E-state index contributed by atoms with van der Waals surface area (Å²) < 4.78 is 14.8. The minimum absolute atomic E-state index is 0.0410. The predicted octanol–water partition coefficient (Wildman–Crippen LogP) is 4.22. The van der Waals surface area contributed by atoms with Crippen molar-refractivity contribution in [1.82, 2.24) is 9.78 Å². The molecule has 2 N–H and O–H groups in total. The molecule has 0 radical (unpaired) electrons. The molecule has 0 aliphatic heterocycles. The second kappa shape index (κ2) is 5.22. The van der Waals surface area contributed by atoms with Gasteiger partial charge in [0.1, 0.15) is 11.6 Å². The van der Waals surface area contributed by atoms with Gasteiger partial charge in [-0.25, -0.2) is 9.07 Å². The van der Waals surface area contributed by atoms with Crippen LogP contribution in [0.4, 0.5) is 10.2 Å². The SMILES string of the molecule is Cc1ccc(-c2cc(N)n(-c3ccc(F)c(Cl)c3)n2)cc1. The number of hydrogen-bond donors (Lipinski definition) is 1. The number of nitrogens with zero attached hydrogens (tertiary/aromatic N) is 2. The van der Waals surface area contributed by atoms with Crippen molar-refractivity contribution in [2.45, 2.75) is 6.92 Å². The number of benzene rings is 2. The molecule has 0 amide bonds. The summed E-state index contributed by atoms with van der Waals surface area (Å²) in [6.45, 7) is 2.03. The van der Waals surface area contributed by atoms with Gasteiger partial charge in [-0.15, -0.1) is 0 Å². The number of anilines is 1. The highest BCUT2D eigenvalue weighted by molar-refractivity contribution is 6.30. The van der Waals surface area contributed by atoms with Gasteiger partial charge >= 0.3 is 0 Å². The fourth-order valence-electron chi connectivity index (χ4n) is 2.08. The van der Waals surface area contributed by atoms with Gasteiger partial charge in [-0.1, -0.05) is 41.4 Å². The average Bonchev–Trinajstić information content (AvgIpc) is 2.85. The zero-order valence-corrected chi connectivity index (χ0v) is 12.1. The Kier molecular flexibility index (Phi) is 3.39. The van der Waals surface area contributed by atoms with E-state index in [1.807, 2.05) is 31.2 Å². The van der Waals surface area contributed by atoms with E-state index < -0.39 is 5.82 Å². The van der Waals surface area contributed by atoms with Crippen LogP contribution in [0.25, 0.3) is 16.9 Å². The Morgan fingerprint density at radius 1 is 1.10 bits per heavy atom. The molecule has 21 heavy (non-hydrogen) atoms. The van der Waals surface area contributed by atoms with Gasteiger partial charge in [0.05, 0.1) is 16.4 Å². The van der Waals surface area contributed by atoms with Crippen LogP contribution in [0, 0.1) is 12.7 Å². The third kappa shape index (κ3) is 2.62. The first-order chi connectivity index (χ1) is 10.0. The minimum atomic E-state index is -0.468. The molecule has 0 atom stereocenters. The monoisotopic (exact) mass is 301 g/mol. The van der Waals surface area contributed by atoms with Crippen molar-refractivity contribution in [3.8, 4) is 16.9 Å². The van der Waals surface area contributed by atoms with Gasteiger partial charge in [0.2, 0.25) is 0 Å². The molecule has 3 aromatic rings. The summed E-state index contributed by atoms with van der Waals surface area (Å²) in [6.07, 6.45) is 0. The Hall–Kier alpha value is -2.33. The largest absolute Gasteiger partial charge is 0.384 e. The first kappa shape index (κ1) is 13.6. The molecule has 3 rings (SSSR count). The van der Waals surface area contributed by atoms with Gasteiger partial charge in [-0.2, -0.15) is 5.10 Å². The first-order valence-electron chi connectivity index (χ1n) is 6.42. The Balaban J connectivity index is 2.05. The van der Waals surface area contributed by atoms with Crippen molar-refractivity contribution in [3.05, 3.63) is 64.9 Å². The summed E-state index contributed by atoms with van der Waals surface area (Å²) in [5.41, 5.74) is 9.52. The van der Waals surface area contributed by atoms with E-state index in [1.54, 1.807) is 16.8 Å². The zero-order valence-electron chi connectivity index (χ0n) is 11.3. The molecule has 3 nitrogen and oxygen atoms in total. The van der Waals surface area contributed by atoms with Gasteiger partial charge in [-0.3, -0.25) is 0 Å². The van der Waals surface area contributed by atoms with Gasteiger partial charge in [-0.05, 0) is 25.1 Å². The summed E-state index contributed by atoms with van der Waals surface area (Å²) in [7, 11) is 0. The average molecular weight is 302 g/mol. The minimum Gasteiger partial charge on any atom is -0.384 e. The van der Waals surface area contributed by atoms with Crippen molar-refractivity contribution in [3.63, 3.8) is 0 Å². The third-order valence-corrected chi connectivity index (χ3v) is 3.52. The molecular formula is C16H13ClFN3. The molecule has 0 spiro atoms. The lowest BCUT2D eigenvalue weighted by Gasteiger charge is -2.04. The van der Waals surface area contributed by atoms with Crippen molar-refractivity contribution < 1.29 is 4.39 Å². The van der Waals surface area contributed by atoms with Crippen LogP contribution in [-0.4, -0.2) is 9.78 Å². The van der Waals surface area contributed by atoms with E-state index in [1.165, 1.54) is 17.7 Å². The number of hydrogen-bond acceptors (Lipinski definition) is 2. The van der Waals surface area contributed by atoms with Crippen LogP contribution in [0.1, 0.15) is 5.56 Å². The Morgan fingerprint density at radius 2 is 1.81 bits per heavy atom. The van der Waals surface area contributed by atoms with E-state index in [2.05, 4.69) is 5.10 Å². The van der Waals surface area contributed by atoms with E-state index in [-0.39, 0.29) is 5.02 Å². The smallest absolute Gasteiger partial charge is 0.141 e. The summed E-state index contributed by atoms with van der Waals surface area (Å²) in [5, 5.41) is 4.50. The van der Waals surface area contributed by atoms with E-state index in [4.69, 9.17) is 17.3 Å². The molecule has 1 heterocycles. The van der Waals surface area contributed by atoms with Crippen LogP contribution >= 0.6 is 11.6 Å². The number of halogens is 2. The number of nitrogen functional groups attached to an aromatic ring is 1. The van der Waals surface area contributed by atoms with E-state index in [0.717, 1.165) is 11.3 Å². The van der Waals surface area contributed by atoms with E-state index >= 15 is 0 Å². The molecule has 5 heteroatoms. The Labute approximate surface area is 126 Å². The summed E-state index contributed by atoms with van der Waals surface area (Å²) >= 11 is 5.80. The Morgan fingerprint density at radius 3 is 2.48 bits per heavy atom. The summed E-state index contributed by atoms with van der Waals surface area (Å²) in [5.74, 6) is -0.00171. The van der Waals surface area contributed by atoms with Crippen LogP contribution in [0.3, 0.4) is 0 Å². The van der Waals surface area contributed by atoms with Gasteiger partial charge in [0, 0.05) is 11.6 Å². The molecule has 106 valence electrons. The molecule has 0 aliphatic rings. The van der Waals surface area contributed by atoms with Crippen LogP contribution in [0.2, 0.25) is 5.02 Å². The van der Waals surface area contributed by atoms with Crippen molar-refractivity contribution in [2.75, 3.05) is 5.73 Å². The maximum absolute atomic E-state index is 13.2. The molecule has 0 unspecified atom stereocenters. The zero-order chi connectivity index (χ0) is 15.0. The quantitative estimate of drug-likeness (QED) is 0.770. The van der Waals surface area contributed by atoms with Crippen LogP contribution in [-0.2, 0) is 0 Å². The van der Waals surface area contributed by atoms with Crippen molar-refractivity contribution >= 4 is 17.4 Å². The van der Waals surface area contributed by atoms with E-state index in [0.29, 0.717) is 11.5 Å². The van der Waals surface area contributed by atoms with Crippen LogP contribution in [0.5, 0.6) is 0 Å². The molecule has 0 bridgehead atoms. The maximum atomic E-state index is 13.2. The predicted molar refractivity (Wildman–Crippen MR) is 83.1 cm³/mol. The topological polar surface area (TPSA) is 43.8 Å². The highest BCUT2D eigenvalue weighted by atomic mass is 35.5. The standard InChI is InChI=1S/C16H13ClFN3/c1-10-2-4-11(5-3-10)15-9-16(19)21(20-15)12-6-7-14(18)13(17)8-12/h2-9H,19H2,1H3. The third-order valence-electron chi connectivity index (χ3n) is 3.23. The van der Waals surface area contributed by atoms with Crippen molar-refractivity contribution in [2.24, 2.45) is 0 Å².